The van der Waals surface area contributed by atoms with E-state index in [0.29, 0.717) is 17.9 Å². The van der Waals surface area contributed by atoms with Crippen molar-refractivity contribution < 1.29 is 14.0 Å². The van der Waals surface area contributed by atoms with Crippen LogP contribution in [-0.2, 0) is 9.47 Å². The second-order valence-corrected chi connectivity index (χ2v) is 7.48. The summed E-state index contributed by atoms with van der Waals surface area (Å²) in [6, 6.07) is 20.3. The molecule has 144 valence electrons. The summed E-state index contributed by atoms with van der Waals surface area (Å²) in [5.74, 6) is 0.676. The minimum absolute atomic E-state index is 0.00586. The molecule has 4 rings (SSSR count). The van der Waals surface area contributed by atoms with Crippen LogP contribution in [-0.4, -0.2) is 24.9 Å². The maximum Gasteiger partial charge on any atom is 0.201 e. The first-order chi connectivity index (χ1) is 13.8. The summed E-state index contributed by atoms with van der Waals surface area (Å²) in [6.45, 7) is 2.45. The van der Waals surface area contributed by atoms with E-state index in [4.69, 9.17) is 14.0 Å². The number of thioether (sulfide) groups is 1. The van der Waals surface area contributed by atoms with Gasteiger partial charge < -0.3 is 19.3 Å². The van der Waals surface area contributed by atoms with Gasteiger partial charge >= 0.3 is 0 Å². The number of methoxy groups -OCH3 is 1. The molecule has 0 radical (unpaired) electrons. The molecule has 5 nitrogen and oxygen atoms in total. The molecule has 0 aliphatic carbocycles. The minimum atomic E-state index is -0.139. The molecule has 2 aromatic carbocycles. The molecule has 0 spiro atoms. The fraction of sp³-hybridized carbons (Fsp3) is 0.227. The predicted octanol–water partition coefficient (Wildman–Crippen LogP) is 2.96. The van der Waals surface area contributed by atoms with Gasteiger partial charge in [-0.3, -0.25) is 0 Å². The molecule has 1 saturated heterocycles. The number of aromatic nitrogens is 1. The van der Waals surface area contributed by atoms with Crippen molar-refractivity contribution >= 4 is 23.1 Å². The van der Waals surface area contributed by atoms with E-state index in [1.165, 1.54) is 0 Å². The molecule has 2 atom stereocenters. The number of hydrogen-bond donors (Lipinski definition) is 1. The number of rotatable bonds is 5. The molecular formula is C22H22N2O3S. The van der Waals surface area contributed by atoms with Crippen LogP contribution in [0.15, 0.2) is 70.1 Å². The number of ether oxygens (including phenoxy) is 2. The molecule has 0 amide bonds. The second kappa shape index (κ2) is 8.54. The highest BCUT2D eigenvalue weighted by atomic mass is 32.2. The Morgan fingerprint density at radius 3 is 2.54 bits per heavy atom. The first-order valence-electron chi connectivity index (χ1n) is 9.12. The molecule has 6 heteroatoms. The van der Waals surface area contributed by atoms with E-state index < -0.39 is 0 Å². The summed E-state index contributed by atoms with van der Waals surface area (Å²) in [4.78, 5) is 1.13. The van der Waals surface area contributed by atoms with Gasteiger partial charge in [0.1, 0.15) is 11.3 Å². The predicted molar refractivity (Wildman–Crippen MR) is 110 cm³/mol. The van der Waals surface area contributed by atoms with Gasteiger partial charge in [0, 0.05) is 17.4 Å². The molecule has 0 unspecified atom stereocenters. The lowest BCUT2D eigenvalue weighted by atomic mass is 10.0. The summed E-state index contributed by atoms with van der Waals surface area (Å²) < 4.78 is 17.3. The van der Waals surface area contributed by atoms with Gasteiger partial charge in [-0.15, -0.1) is 0 Å². The summed E-state index contributed by atoms with van der Waals surface area (Å²) in [7, 11) is 1.70. The van der Waals surface area contributed by atoms with E-state index in [-0.39, 0.29) is 12.1 Å². The van der Waals surface area contributed by atoms with Gasteiger partial charge in [0.05, 0.1) is 18.3 Å². The van der Waals surface area contributed by atoms with Crippen molar-refractivity contribution in [2.75, 3.05) is 13.7 Å². The fourth-order valence-electron chi connectivity index (χ4n) is 3.23. The van der Waals surface area contributed by atoms with Crippen LogP contribution in [0.4, 0.5) is 0 Å². The Balaban J connectivity index is 1.72. The smallest absolute Gasteiger partial charge is 0.201 e. The van der Waals surface area contributed by atoms with Gasteiger partial charge in [-0.1, -0.05) is 65.4 Å². The summed E-state index contributed by atoms with van der Waals surface area (Å²) in [6.07, 6.45) is -0.139. The minimum Gasteiger partial charge on any atom is -0.468 e. The van der Waals surface area contributed by atoms with Gasteiger partial charge in [-0.25, -0.2) is 0 Å². The number of nitrogens with zero attached hydrogens (tertiary/aromatic N) is 1. The average Bonchev–Trinajstić information content (AvgIpc) is 3.31. The quantitative estimate of drug-likeness (QED) is 0.672. The van der Waals surface area contributed by atoms with Crippen LogP contribution in [0.25, 0.3) is 11.3 Å². The molecule has 28 heavy (non-hydrogen) atoms. The third-order valence-corrected chi connectivity index (χ3v) is 5.44. The van der Waals surface area contributed by atoms with Crippen LogP contribution in [0.5, 0.6) is 0 Å². The standard InChI is InChI=1S/C22H22N2O3S/c1-15-20(19(27-24-15)14-28-17-11-7-4-8-12-17)22-23-18(13-25-2)21(26-22)16-9-5-3-6-10-16/h3-12,14,18,21,23H,13H2,1-2H3/b19-14-,22-20-/t18-,21-/m0/s1. The van der Waals surface area contributed by atoms with E-state index in [0.717, 1.165) is 21.4 Å². The van der Waals surface area contributed by atoms with Crippen molar-refractivity contribution in [3.05, 3.63) is 82.6 Å². The Kier molecular flexibility index (Phi) is 5.69. The Morgan fingerprint density at radius 1 is 1.11 bits per heavy atom. The van der Waals surface area contributed by atoms with Crippen molar-refractivity contribution in [3.8, 4) is 0 Å². The van der Waals surface area contributed by atoms with E-state index in [1.54, 1.807) is 18.9 Å². The molecule has 1 aromatic heterocycles. The third-order valence-electron chi connectivity index (χ3n) is 4.56. The van der Waals surface area contributed by atoms with Crippen molar-refractivity contribution in [2.45, 2.75) is 24.0 Å². The average molecular weight is 394 g/mol. The van der Waals surface area contributed by atoms with Gasteiger partial charge in [-0.2, -0.15) is 0 Å². The van der Waals surface area contributed by atoms with Crippen LogP contribution in [0.3, 0.4) is 0 Å². The molecular weight excluding hydrogens is 372 g/mol. The zero-order chi connectivity index (χ0) is 19.3. The van der Waals surface area contributed by atoms with Gasteiger partial charge in [0.15, 0.2) is 5.42 Å². The van der Waals surface area contributed by atoms with Crippen LogP contribution < -0.4 is 16.0 Å². The van der Waals surface area contributed by atoms with Crippen LogP contribution in [0.2, 0.25) is 0 Å². The molecule has 3 aromatic rings. The van der Waals surface area contributed by atoms with E-state index in [9.17, 15) is 0 Å². The van der Waals surface area contributed by atoms with Crippen molar-refractivity contribution in [1.82, 2.24) is 10.5 Å². The highest BCUT2D eigenvalue weighted by Gasteiger charge is 2.34. The monoisotopic (exact) mass is 394 g/mol. The molecule has 1 aliphatic heterocycles. The molecule has 1 N–H and O–H groups in total. The highest BCUT2D eigenvalue weighted by molar-refractivity contribution is 8.06. The van der Waals surface area contributed by atoms with Gasteiger partial charge in [-0.05, 0) is 24.6 Å². The Hall–Kier alpha value is -2.70. The molecule has 1 aliphatic rings. The molecule has 1 fully saturated rings. The normalized spacial score (nSPS) is 21.4. The number of aryl methyl sites for hydroxylation is 1. The van der Waals surface area contributed by atoms with Crippen molar-refractivity contribution in [2.24, 2.45) is 0 Å². The second-order valence-electron chi connectivity index (χ2n) is 6.54. The van der Waals surface area contributed by atoms with Crippen molar-refractivity contribution in [1.29, 1.82) is 0 Å². The van der Waals surface area contributed by atoms with Crippen LogP contribution in [0, 0.1) is 6.92 Å². The Bertz CT molecular complexity index is 1030. The van der Waals surface area contributed by atoms with Gasteiger partial charge in [0.25, 0.3) is 0 Å². The first-order valence-corrected chi connectivity index (χ1v) is 10.00. The molecule has 0 saturated carbocycles. The van der Waals surface area contributed by atoms with Gasteiger partial charge in [0.2, 0.25) is 5.88 Å². The first kappa shape index (κ1) is 18.7. The maximum absolute atomic E-state index is 6.33. The van der Waals surface area contributed by atoms with Crippen LogP contribution >= 0.6 is 11.8 Å². The largest absolute Gasteiger partial charge is 0.468 e. The zero-order valence-corrected chi connectivity index (χ0v) is 16.6. The topological polar surface area (TPSA) is 56.5 Å². The Morgan fingerprint density at radius 2 is 1.82 bits per heavy atom. The lowest BCUT2D eigenvalue weighted by Gasteiger charge is -2.16. The van der Waals surface area contributed by atoms with Crippen molar-refractivity contribution in [3.63, 3.8) is 0 Å². The number of benzene rings is 2. The lowest BCUT2D eigenvalue weighted by Crippen LogP contribution is -2.34. The summed E-state index contributed by atoms with van der Waals surface area (Å²) in [5.41, 5.74) is 2.57. The highest BCUT2D eigenvalue weighted by Crippen LogP contribution is 2.30. The zero-order valence-electron chi connectivity index (χ0n) is 15.8. The maximum atomic E-state index is 6.33. The fourth-order valence-corrected chi connectivity index (χ4v) is 3.95. The Labute approximate surface area is 168 Å². The van der Waals surface area contributed by atoms with Crippen LogP contribution in [0.1, 0.15) is 17.4 Å². The third kappa shape index (κ3) is 3.93. The van der Waals surface area contributed by atoms with E-state index in [1.807, 2.05) is 48.7 Å². The summed E-state index contributed by atoms with van der Waals surface area (Å²) in [5, 5.41) is 10.4. The number of nitrogens with one attached hydrogen (secondary N) is 1. The SMILES string of the molecule is COC[C@@H]1N/C(=c2\c(C)no\c2=C/Sc2ccccc2)O[C@H]1c1ccccc1. The summed E-state index contributed by atoms with van der Waals surface area (Å²) >= 11 is 1.59. The van der Waals surface area contributed by atoms with E-state index >= 15 is 0 Å². The van der Waals surface area contributed by atoms with E-state index in [2.05, 4.69) is 34.7 Å². The lowest BCUT2D eigenvalue weighted by molar-refractivity contribution is 0.118. The number of hydrogen-bond acceptors (Lipinski definition) is 6. The molecule has 2 heterocycles. The molecule has 0 bridgehead atoms.